The van der Waals surface area contributed by atoms with Gasteiger partial charge >= 0.3 is 6.09 Å². The molecule has 2 amide bonds. The van der Waals surface area contributed by atoms with Crippen molar-refractivity contribution in [2.45, 2.75) is 67.3 Å². The average molecular weight is 557 g/mol. The molecule has 2 aromatic heterocycles. The summed E-state index contributed by atoms with van der Waals surface area (Å²) in [4.78, 5) is 25.1. The lowest BCUT2D eigenvalue weighted by Crippen LogP contribution is -2.68. The fourth-order valence-electron chi connectivity index (χ4n) is 5.28. The third-order valence-corrected chi connectivity index (χ3v) is 8.03. The fourth-order valence-corrected chi connectivity index (χ4v) is 5.95. The van der Waals surface area contributed by atoms with Crippen molar-refractivity contribution in [2.24, 2.45) is 13.0 Å². The number of rotatable bonds is 8. The zero-order chi connectivity index (χ0) is 25.0. The van der Waals surface area contributed by atoms with Crippen LogP contribution in [0.2, 0.25) is 0 Å². The zero-order valence-electron chi connectivity index (χ0n) is 19.3. The average Bonchev–Trinajstić information content (AvgIpc) is 3.40. The minimum atomic E-state index is -2.64. The van der Waals surface area contributed by atoms with Crippen LogP contribution >= 0.6 is 15.9 Å². The van der Waals surface area contributed by atoms with Gasteiger partial charge in [0.15, 0.2) is 12.4 Å². The number of aryl methyl sites for hydroxylation is 1. The molecule has 4 fully saturated rings. The van der Waals surface area contributed by atoms with Crippen molar-refractivity contribution in [2.75, 3.05) is 11.9 Å². The van der Waals surface area contributed by atoms with Gasteiger partial charge in [0.25, 0.3) is 12.3 Å². The molecule has 3 N–H and O–H groups in total. The second-order valence-corrected chi connectivity index (χ2v) is 11.9. The first-order valence-electron chi connectivity index (χ1n) is 11.5. The van der Waals surface area contributed by atoms with E-state index in [0.29, 0.717) is 18.7 Å². The van der Waals surface area contributed by atoms with Gasteiger partial charge in [0.1, 0.15) is 11.8 Å². The predicted octanol–water partition coefficient (Wildman–Crippen LogP) is 3.72. The molecule has 190 valence electrons. The second-order valence-electron chi connectivity index (χ2n) is 10.0. The lowest BCUT2D eigenvalue weighted by Gasteiger charge is -2.61. The normalized spacial score (nSPS) is 31.0. The Labute approximate surface area is 208 Å². The Morgan fingerprint density at radius 2 is 2.06 bits per heavy atom. The van der Waals surface area contributed by atoms with Crippen LogP contribution in [0.5, 0.6) is 5.88 Å². The molecule has 35 heavy (non-hydrogen) atoms. The van der Waals surface area contributed by atoms with Crippen molar-refractivity contribution < 1.29 is 27.8 Å². The Morgan fingerprint density at radius 1 is 1.31 bits per heavy atom. The van der Waals surface area contributed by atoms with Crippen molar-refractivity contribution in [3.63, 3.8) is 0 Å². The second kappa shape index (κ2) is 8.75. The molecule has 6 rings (SSSR count). The number of amides is 2. The minimum Gasteiger partial charge on any atom is -0.471 e. The number of carbonyl (C=O) groups excluding carboxylic acids is 2. The molecule has 0 aliphatic heterocycles. The summed E-state index contributed by atoms with van der Waals surface area (Å²) < 4.78 is 36.2. The number of anilines is 1. The monoisotopic (exact) mass is 556 g/mol. The van der Waals surface area contributed by atoms with E-state index in [9.17, 15) is 18.4 Å². The summed E-state index contributed by atoms with van der Waals surface area (Å²) in [6.45, 7) is 1.20. The standard InChI is InChI=1S/C22H27BrF2N6O4/c1-21(23)9-12(3-15(21)35-20(33)27-22-6-11(7-22)8-22)13-4-17(29-28-13)26-19(32)14-5-18(30-31(14)2)34-10-16(24)25/h4-5,11-12,15-16H,3,6-10H2,1-2H3,(H,27,33)(H2,26,28,29,32)/t11?,12-,15+,21?,22?/m1/s1. The molecule has 2 aromatic rings. The van der Waals surface area contributed by atoms with Crippen molar-refractivity contribution in [3.8, 4) is 5.88 Å². The summed E-state index contributed by atoms with van der Waals surface area (Å²) in [5, 5.41) is 16.8. The number of ether oxygens (including phenoxy) is 2. The van der Waals surface area contributed by atoms with E-state index in [1.165, 1.54) is 17.8 Å². The third-order valence-electron chi connectivity index (χ3n) is 7.20. The highest BCUT2D eigenvalue weighted by Crippen LogP contribution is 2.57. The third kappa shape index (κ3) is 4.87. The Hall–Kier alpha value is -2.70. The first-order valence-corrected chi connectivity index (χ1v) is 12.3. The number of alkyl carbamates (subject to hydrolysis) is 1. The van der Waals surface area contributed by atoms with Gasteiger partial charge < -0.3 is 20.1 Å². The SMILES string of the molecule is Cn1nc(OCC(F)F)cc1C(=O)Nc1cc([C@@H]2C[C@H](OC(=O)NC34CC(C3)C4)C(C)(Br)C2)[nH]n1. The van der Waals surface area contributed by atoms with Crippen molar-refractivity contribution in [1.82, 2.24) is 25.3 Å². The van der Waals surface area contributed by atoms with E-state index in [1.54, 1.807) is 6.07 Å². The summed E-state index contributed by atoms with van der Waals surface area (Å²) in [5.74, 6) is 0.543. The molecule has 10 nitrogen and oxygen atoms in total. The van der Waals surface area contributed by atoms with Gasteiger partial charge in [0, 0.05) is 36.3 Å². The highest BCUT2D eigenvalue weighted by Gasteiger charge is 2.58. The molecule has 4 saturated carbocycles. The van der Waals surface area contributed by atoms with Gasteiger partial charge in [0.2, 0.25) is 5.88 Å². The molecule has 3 atom stereocenters. The van der Waals surface area contributed by atoms with E-state index < -0.39 is 23.3 Å². The maximum atomic E-state index is 12.6. The van der Waals surface area contributed by atoms with Crippen LogP contribution in [0, 0.1) is 5.92 Å². The van der Waals surface area contributed by atoms with Gasteiger partial charge in [-0.05, 0) is 44.9 Å². The number of alkyl halides is 3. The molecule has 1 unspecified atom stereocenters. The summed E-state index contributed by atoms with van der Waals surface area (Å²) >= 11 is 3.73. The zero-order valence-corrected chi connectivity index (χ0v) is 20.9. The molecular weight excluding hydrogens is 530 g/mol. The molecular formula is C22H27BrF2N6O4. The highest BCUT2D eigenvalue weighted by atomic mass is 79.9. The van der Waals surface area contributed by atoms with E-state index in [4.69, 9.17) is 9.47 Å². The Kier molecular flexibility index (Phi) is 6.01. The summed E-state index contributed by atoms with van der Waals surface area (Å²) in [6, 6.07) is 3.03. The Bertz CT molecular complexity index is 1120. The number of halogens is 3. The lowest BCUT2D eigenvalue weighted by atomic mass is 9.50. The van der Waals surface area contributed by atoms with Crippen LogP contribution in [0.25, 0.3) is 0 Å². The van der Waals surface area contributed by atoms with E-state index in [1.807, 2.05) is 6.92 Å². The summed E-state index contributed by atoms with van der Waals surface area (Å²) in [5.41, 5.74) is 0.904. The highest BCUT2D eigenvalue weighted by molar-refractivity contribution is 9.10. The molecule has 0 spiro atoms. The molecule has 0 radical (unpaired) electrons. The van der Waals surface area contributed by atoms with Gasteiger partial charge in [-0.15, -0.1) is 5.10 Å². The fraction of sp³-hybridized carbons (Fsp3) is 0.636. The molecule has 0 saturated heterocycles. The number of hydrogen-bond acceptors (Lipinski definition) is 6. The van der Waals surface area contributed by atoms with Crippen LogP contribution in [0.4, 0.5) is 19.4 Å². The maximum absolute atomic E-state index is 12.6. The topological polar surface area (TPSA) is 123 Å². The van der Waals surface area contributed by atoms with Crippen LogP contribution in [-0.4, -0.2) is 61.0 Å². The van der Waals surface area contributed by atoms with Gasteiger partial charge in [0.05, 0.1) is 4.32 Å². The van der Waals surface area contributed by atoms with Crippen molar-refractivity contribution in [3.05, 3.63) is 23.5 Å². The maximum Gasteiger partial charge on any atom is 0.407 e. The quantitative estimate of drug-likeness (QED) is 0.426. The van der Waals surface area contributed by atoms with Crippen LogP contribution in [0.1, 0.15) is 61.1 Å². The number of nitrogens with one attached hydrogen (secondary N) is 3. The lowest BCUT2D eigenvalue weighted by molar-refractivity contribution is -0.0513. The predicted molar refractivity (Wildman–Crippen MR) is 124 cm³/mol. The summed E-state index contributed by atoms with van der Waals surface area (Å²) in [6.07, 6.45) is 1.13. The number of nitrogens with zero attached hydrogens (tertiary/aromatic N) is 3. The number of aromatic nitrogens is 4. The first-order chi connectivity index (χ1) is 16.5. The van der Waals surface area contributed by atoms with E-state index in [-0.39, 0.29) is 35.2 Å². The van der Waals surface area contributed by atoms with E-state index >= 15 is 0 Å². The molecule has 4 aliphatic rings. The molecule has 4 aliphatic carbocycles. The Morgan fingerprint density at radius 3 is 2.71 bits per heavy atom. The minimum absolute atomic E-state index is 0.0383. The van der Waals surface area contributed by atoms with Gasteiger partial charge in [-0.2, -0.15) is 5.10 Å². The van der Waals surface area contributed by atoms with Crippen LogP contribution in [0.3, 0.4) is 0 Å². The van der Waals surface area contributed by atoms with Crippen molar-refractivity contribution >= 4 is 33.7 Å². The number of carbonyl (C=O) groups is 2. The smallest absolute Gasteiger partial charge is 0.407 e. The van der Waals surface area contributed by atoms with E-state index in [0.717, 1.165) is 30.9 Å². The molecule has 2 heterocycles. The number of aromatic amines is 1. The van der Waals surface area contributed by atoms with Crippen LogP contribution < -0.4 is 15.4 Å². The summed E-state index contributed by atoms with van der Waals surface area (Å²) in [7, 11) is 1.51. The molecule has 0 aromatic carbocycles. The van der Waals surface area contributed by atoms with Gasteiger partial charge in [-0.25, -0.2) is 13.6 Å². The number of H-pyrrole nitrogens is 1. The largest absolute Gasteiger partial charge is 0.471 e. The van der Waals surface area contributed by atoms with Crippen molar-refractivity contribution in [1.29, 1.82) is 0 Å². The van der Waals surface area contributed by atoms with E-state index in [2.05, 4.69) is 41.9 Å². The van der Waals surface area contributed by atoms with Crippen LogP contribution in [0.15, 0.2) is 12.1 Å². The first kappa shape index (κ1) is 24.0. The number of hydrogen-bond donors (Lipinski definition) is 3. The van der Waals surface area contributed by atoms with Gasteiger partial charge in [-0.3, -0.25) is 14.6 Å². The molecule has 13 heteroatoms. The van der Waals surface area contributed by atoms with Crippen LogP contribution in [-0.2, 0) is 11.8 Å². The Balaban J connectivity index is 1.17. The molecule has 2 bridgehead atoms. The van der Waals surface area contributed by atoms with Gasteiger partial charge in [-0.1, -0.05) is 15.9 Å².